The first-order valence-corrected chi connectivity index (χ1v) is 7.90. The van der Waals surface area contributed by atoms with Gasteiger partial charge in [-0.25, -0.2) is 4.98 Å². The van der Waals surface area contributed by atoms with E-state index in [4.69, 9.17) is 0 Å². The Morgan fingerprint density at radius 3 is 2.72 bits per heavy atom. The minimum Gasteiger partial charge on any atom is -0.307 e. The van der Waals surface area contributed by atoms with Crippen molar-refractivity contribution in [2.24, 2.45) is 16.7 Å². The van der Waals surface area contributed by atoms with Crippen molar-refractivity contribution in [1.82, 2.24) is 10.3 Å². The summed E-state index contributed by atoms with van der Waals surface area (Å²) in [5.41, 5.74) is 0.980. The smallest absolute Gasteiger partial charge is 0.107 e. The summed E-state index contributed by atoms with van der Waals surface area (Å²) in [7, 11) is 0. The number of hydrogen-bond acceptors (Lipinski definition) is 3. The van der Waals surface area contributed by atoms with Crippen LogP contribution in [-0.2, 0) is 6.54 Å². The average molecular weight is 264 g/mol. The molecular formula is C15H24N2S. The lowest BCUT2D eigenvalue weighted by atomic mass is 9.69. The van der Waals surface area contributed by atoms with Gasteiger partial charge in [-0.3, -0.25) is 0 Å². The predicted molar refractivity (Wildman–Crippen MR) is 76.7 cm³/mol. The van der Waals surface area contributed by atoms with Crippen LogP contribution >= 0.6 is 11.3 Å². The highest BCUT2D eigenvalue weighted by Crippen LogP contribution is 2.65. The molecule has 1 heterocycles. The molecule has 2 saturated carbocycles. The van der Waals surface area contributed by atoms with Gasteiger partial charge in [-0.2, -0.15) is 0 Å². The highest BCUT2D eigenvalue weighted by atomic mass is 32.1. The highest BCUT2D eigenvalue weighted by molar-refractivity contribution is 7.11. The number of nitrogens with one attached hydrogen (secondary N) is 1. The summed E-state index contributed by atoms with van der Waals surface area (Å²) in [5.74, 6) is 0.915. The summed E-state index contributed by atoms with van der Waals surface area (Å²) >= 11 is 1.82. The zero-order valence-electron chi connectivity index (χ0n) is 11.9. The maximum absolute atomic E-state index is 4.45. The Kier molecular flexibility index (Phi) is 2.83. The first-order chi connectivity index (χ1) is 8.43. The van der Waals surface area contributed by atoms with Crippen molar-refractivity contribution in [3.05, 3.63) is 16.1 Å². The molecule has 100 valence electrons. The lowest BCUT2D eigenvalue weighted by molar-refractivity contribution is 0.120. The Balaban J connectivity index is 1.69. The SMILES string of the molecule is Cc1cnc(CNC2CC3CCC2(C)C3(C)C)s1. The van der Waals surface area contributed by atoms with Gasteiger partial charge in [0.2, 0.25) is 0 Å². The molecule has 0 aliphatic heterocycles. The molecule has 0 aromatic carbocycles. The van der Waals surface area contributed by atoms with E-state index < -0.39 is 0 Å². The van der Waals surface area contributed by atoms with Gasteiger partial charge >= 0.3 is 0 Å². The number of thiazole rings is 1. The lowest BCUT2D eigenvalue weighted by Gasteiger charge is -2.39. The second-order valence-electron chi connectivity index (χ2n) is 6.91. The molecule has 0 amide bonds. The Bertz CT molecular complexity index is 451. The van der Waals surface area contributed by atoms with E-state index in [1.165, 1.54) is 29.1 Å². The topological polar surface area (TPSA) is 24.9 Å². The number of aromatic nitrogens is 1. The molecule has 0 radical (unpaired) electrons. The van der Waals surface area contributed by atoms with Crippen molar-refractivity contribution in [2.75, 3.05) is 0 Å². The van der Waals surface area contributed by atoms with Gasteiger partial charge in [0.05, 0.1) is 0 Å². The van der Waals surface area contributed by atoms with E-state index in [0.717, 1.165) is 12.5 Å². The third-order valence-electron chi connectivity index (χ3n) is 5.96. The van der Waals surface area contributed by atoms with Gasteiger partial charge in [0.15, 0.2) is 0 Å². The molecule has 3 unspecified atom stereocenters. The summed E-state index contributed by atoms with van der Waals surface area (Å²) in [5, 5.41) is 5.02. The molecule has 2 aliphatic rings. The van der Waals surface area contributed by atoms with Crippen LogP contribution in [0, 0.1) is 23.7 Å². The van der Waals surface area contributed by atoms with Crippen LogP contribution in [0.25, 0.3) is 0 Å². The third-order valence-corrected chi connectivity index (χ3v) is 6.88. The van der Waals surface area contributed by atoms with E-state index in [0.29, 0.717) is 16.9 Å². The molecule has 2 bridgehead atoms. The minimum atomic E-state index is 0.476. The first-order valence-electron chi connectivity index (χ1n) is 7.08. The molecule has 2 fully saturated rings. The Morgan fingerprint density at radius 2 is 2.22 bits per heavy atom. The first kappa shape index (κ1) is 12.6. The van der Waals surface area contributed by atoms with Crippen LogP contribution in [0.2, 0.25) is 0 Å². The van der Waals surface area contributed by atoms with Crippen molar-refractivity contribution in [3.8, 4) is 0 Å². The zero-order chi connectivity index (χ0) is 13.0. The fourth-order valence-corrected chi connectivity index (χ4v) is 4.94. The van der Waals surface area contributed by atoms with Crippen LogP contribution < -0.4 is 5.32 Å². The minimum absolute atomic E-state index is 0.476. The molecular weight excluding hydrogens is 240 g/mol. The predicted octanol–water partition coefficient (Wildman–Crippen LogP) is 3.76. The summed E-state index contributed by atoms with van der Waals surface area (Å²) in [6, 6.07) is 0.676. The van der Waals surface area contributed by atoms with E-state index >= 15 is 0 Å². The normalized spacial score (nSPS) is 37.3. The Labute approximate surface area is 114 Å². The monoisotopic (exact) mass is 264 g/mol. The molecule has 0 saturated heterocycles. The highest BCUT2D eigenvalue weighted by Gasteiger charge is 2.60. The van der Waals surface area contributed by atoms with Crippen LogP contribution in [0.3, 0.4) is 0 Å². The van der Waals surface area contributed by atoms with Crippen molar-refractivity contribution in [2.45, 2.75) is 59.5 Å². The summed E-state index contributed by atoms with van der Waals surface area (Å²) in [6.07, 6.45) is 6.15. The van der Waals surface area contributed by atoms with Gasteiger partial charge in [-0.05, 0) is 42.9 Å². The van der Waals surface area contributed by atoms with Gasteiger partial charge in [-0.15, -0.1) is 11.3 Å². The third kappa shape index (κ3) is 1.67. The molecule has 0 spiro atoms. The molecule has 18 heavy (non-hydrogen) atoms. The molecule has 2 nitrogen and oxygen atoms in total. The van der Waals surface area contributed by atoms with Crippen molar-refractivity contribution in [3.63, 3.8) is 0 Å². The standard InChI is InChI=1S/C15H24N2S/c1-10-8-17-13(18-10)9-16-12-7-11-5-6-15(12,4)14(11,2)3/h8,11-12,16H,5-7,9H2,1-4H3. The molecule has 3 atom stereocenters. The summed E-state index contributed by atoms with van der Waals surface area (Å²) in [4.78, 5) is 5.77. The largest absolute Gasteiger partial charge is 0.307 e. The Hall–Kier alpha value is -0.410. The fourth-order valence-electron chi connectivity index (χ4n) is 4.21. The lowest BCUT2D eigenvalue weighted by Crippen LogP contribution is -2.44. The number of aryl methyl sites for hydroxylation is 1. The zero-order valence-corrected chi connectivity index (χ0v) is 12.7. The van der Waals surface area contributed by atoms with E-state index in [9.17, 15) is 0 Å². The van der Waals surface area contributed by atoms with E-state index in [1.54, 1.807) is 0 Å². The maximum atomic E-state index is 4.45. The van der Waals surface area contributed by atoms with Gasteiger partial charge in [0, 0.05) is 23.7 Å². The van der Waals surface area contributed by atoms with E-state index in [-0.39, 0.29) is 0 Å². The van der Waals surface area contributed by atoms with E-state index in [2.05, 4.69) is 38.0 Å². The maximum Gasteiger partial charge on any atom is 0.107 e. The fraction of sp³-hybridized carbons (Fsp3) is 0.800. The van der Waals surface area contributed by atoms with Gasteiger partial charge in [0.1, 0.15) is 5.01 Å². The van der Waals surface area contributed by atoms with Crippen LogP contribution in [0.1, 0.15) is 49.9 Å². The molecule has 1 aromatic rings. The van der Waals surface area contributed by atoms with Crippen molar-refractivity contribution in [1.29, 1.82) is 0 Å². The molecule has 3 rings (SSSR count). The van der Waals surface area contributed by atoms with Crippen LogP contribution in [0.15, 0.2) is 6.20 Å². The average Bonchev–Trinajstić information content (AvgIpc) is 2.87. The van der Waals surface area contributed by atoms with Crippen LogP contribution in [0.4, 0.5) is 0 Å². The summed E-state index contributed by atoms with van der Waals surface area (Å²) in [6.45, 7) is 10.5. The molecule has 1 N–H and O–H groups in total. The second-order valence-corrected chi connectivity index (χ2v) is 8.23. The Morgan fingerprint density at radius 1 is 1.44 bits per heavy atom. The van der Waals surface area contributed by atoms with Crippen molar-refractivity contribution < 1.29 is 0 Å². The number of fused-ring (bicyclic) bond motifs is 2. The quantitative estimate of drug-likeness (QED) is 0.899. The van der Waals surface area contributed by atoms with Gasteiger partial charge in [0.25, 0.3) is 0 Å². The van der Waals surface area contributed by atoms with E-state index in [1.807, 2.05) is 17.5 Å². The number of nitrogens with zero attached hydrogens (tertiary/aromatic N) is 1. The van der Waals surface area contributed by atoms with Crippen LogP contribution in [0.5, 0.6) is 0 Å². The molecule has 2 aliphatic carbocycles. The van der Waals surface area contributed by atoms with Gasteiger partial charge < -0.3 is 5.32 Å². The molecule has 1 aromatic heterocycles. The second kappa shape index (κ2) is 4.04. The van der Waals surface area contributed by atoms with Crippen LogP contribution in [-0.4, -0.2) is 11.0 Å². The number of rotatable bonds is 3. The van der Waals surface area contributed by atoms with Crippen molar-refractivity contribution >= 4 is 11.3 Å². The number of hydrogen-bond donors (Lipinski definition) is 1. The summed E-state index contributed by atoms with van der Waals surface area (Å²) < 4.78 is 0. The molecule has 3 heteroatoms. The van der Waals surface area contributed by atoms with Gasteiger partial charge in [-0.1, -0.05) is 20.8 Å².